The van der Waals surface area contributed by atoms with Crippen molar-refractivity contribution in [2.24, 2.45) is 0 Å². The van der Waals surface area contributed by atoms with Crippen molar-refractivity contribution in [2.75, 3.05) is 12.8 Å². The van der Waals surface area contributed by atoms with E-state index in [-0.39, 0.29) is 10.8 Å². The Morgan fingerprint density at radius 1 is 1.21 bits per heavy atom. The summed E-state index contributed by atoms with van der Waals surface area (Å²) >= 11 is 1.73. The maximum Gasteiger partial charge on any atom is 0.416 e. The Morgan fingerprint density at radius 2 is 1.84 bits per heavy atom. The molecule has 1 aromatic carbocycles. The highest BCUT2D eigenvalue weighted by Crippen LogP contribution is 2.32. The maximum atomic E-state index is 12.7. The molecule has 0 saturated heterocycles. The summed E-state index contributed by atoms with van der Waals surface area (Å²) in [6.45, 7) is 6.28. The lowest BCUT2D eigenvalue weighted by Gasteiger charge is -2.23. The topological polar surface area (TPSA) is 12.0 Å². The fraction of sp³-hybridized carbons (Fsp3) is 0.571. The molecule has 0 aromatic heterocycles. The third kappa shape index (κ3) is 5.45. The van der Waals surface area contributed by atoms with Crippen LogP contribution in [0.2, 0.25) is 0 Å². The number of halogens is 3. The Bertz CT molecular complexity index is 410. The highest BCUT2D eigenvalue weighted by Gasteiger charge is 2.31. The standard InChI is InChI=1S/C14H20F3NS/c1-13(2,3)19-9-12(18-4)10-6-5-7-11(8-10)14(15,16)17/h5-8,12,18H,9H2,1-4H3. The van der Waals surface area contributed by atoms with Gasteiger partial charge in [-0.2, -0.15) is 24.9 Å². The van der Waals surface area contributed by atoms with Crippen LogP contribution >= 0.6 is 11.8 Å². The summed E-state index contributed by atoms with van der Waals surface area (Å²) < 4.78 is 38.1. The first-order valence-electron chi connectivity index (χ1n) is 6.12. The second-order valence-electron chi connectivity index (χ2n) is 5.39. The first-order valence-corrected chi connectivity index (χ1v) is 7.10. The Morgan fingerprint density at radius 3 is 2.32 bits per heavy atom. The molecular weight excluding hydrogens is 271 g/mol. The molecule has 1 atom stereocenters. The van der Waals surface area contributed by atoms with E-state index in [0.717, 1.165) is 11.8 Å². The third-order valence-electron chi connectivity index (χ3n) is 2.65. The predicted octanol–water partition coefficient (Wildman–Crippen LogP) is 4.50. The number of benzene rings is 1. The van der Waals surface area contributed by atoms with Gasteiger partial charge in [0.2, 0.25) is 0 Å². The molecule has 0 radical (unpaired) electrons. The molecule has 1 aromatic rings. The minimum atomic E-state index is -4.29. The number of hydrogen-bond acceptors (Lipinski definition) is 2. The summed E-state index contributed by atoms with van der Waals surface area (Å²) in [5, 5.41) is 3.08. The zero-order chi connectivity index (χ0) is 14.7. The SMILES string of the molecule is CNC(CSC(C)(C)C)c1cccc(C(F)(F)F)c1. The lowest BCUT2D eigenvalue weighted by atomic mass is 10.1. The Kier molecular flexibility index (Phi) is 5.33. The van der Waals surface area contributed by atoms with Crippen molar-refractivity contribution in [3.8, 4) is 0 Å². The smallest absolute Gasteiger partial charge is 0.312 e. The van der Waals surface area contributed by atoms with Gasteiger partial charge in [0.25, 0.3) is 0 Å². The first-order chi connectivity index (χ1) is 8.63. The van der Waals surface area contributed by atoms with Gasteiger partial charge < -0.3 is 5.32 Å². The molecule has 5 heteroatoms. The average Bonchev–Trinajstić information content (AvgIpc) is 2.27. The van der Waals surface area contributed by atoms with Crippen LogP contribution in [0.3, 0.4) is 0 Å². The molecule has 1 N–H and O–H groups in total. The summed E-state index contributed by atoms with van der Waals surface area (Å²) in [6.07, 6.45) is -4.29. The molecule has 1 unspecified atom stereocenters. The van der Waals surface area contributed by atoms with E-state index in [2.05, 4.69) is 26.1 Å². The van der Waals surface area contributed by atoms with Crippen molar-refractivity contribution in [1.82, 2.24) is 5.32 Å². The van der Waals surface area contributed by atoms with E-state index < -0.39 is 11.7 Å². The normalized spacial score (nSPS) is 14.5. The maximum absolute atomic E-state index is 12.7. The van der Waals surface area contributed by atoms with Crippen molar-refractivity contribution in [3.63, 3.8) is 0 Å². The van der Waals surface area contributed by atoms with Crippen LogP contribution in [0.4, 0.5) is 13.2 Å². The summed E-state index contributed by atoms with van der Waals surface area (Å²) in [5.74, 6) is 0.737. The van der Waals surface area contributed by atoms with Crippen LogP contribution in [0.25, 0.3) is 0 Å². The predicted molar refractivity (Wildman–Crippen MR) is 75.5 cm³/mol. The van der Waals surface area contributed by atoms with E-state index in [4.69, 9.17) is 0 Å². The number of thioether (sulfide) groups is 1. The third-order valence-corrected chi connectivity index (χ3v) is 4.01. The van der Waals surface area contributed by atoms with E-state index in [1.165, 1.54) is 12.1 Å². The lowest BCUT2D eigenvalue weighted by Crippen LogP contribution is -2.22. The van der Waals surface area contributed by atoms with E-state index in [1.807, 2.05) is 0 Å². The Hall–Kier alpha value is -0.680. The Balaban J connectivity index is 2.87. The molecule has 0 aliphatic heterocycles. The summed E-state index contributed by atoms with van der Waals surface area (Å²) in [6, 6.07) is 5.45. The van der Waals surface area contributed by atoms with Gasteiger partial charge in [-0.05, 0) is 24.7 Å². The largest absolute Gasteiger partial charge is 0.416 e. The molecule has 1 rings (SSSR count). The molecule has 0 aliphatic carbocycles. The van der Waals surface area contributed by atoms with Gasteiger partial charge >= 0.3 is 6.18 Å². The van der Waals surface area contributed by atoms with Crippen molar-refractivity contribution in [3.05, 3.63) is 35.4 Å². The van der Waals surface area contributed by atoms with Crippen molar-refractivity contribution in [1.29, 1.82) is 0 Å². The molecule has 0 spiro atoms. The van der Waals surface area contributed by atoms with Gasteiger partial charge in [-0.3, -0.25) is 0 Å². The molecule has 0 heterocycles. The molecule has 19 heavy (non-hydrogen) atoms. The van der Waals surface area contributed by atoms with Gasteiger partial charge in [0.05, 0.1) is 5.56 Å². The van der Waals surface area contributed by atoms with E-state index in [1.54, 1.807) is 24.9 Å². The number of nitrogens with one attached hydrogen (secondary N) is 1. The van der Waals surface area contributed by atoms with Gasteiger partial charge in [-0.15, -0.1) is 0 Å². The molecular formula is C14H20F3NS. The number of alkyl halides is 3. The number of rotatable bonds is 4. The van der Waals surface area contributed by atoms with Crippen LogP contribution in [0.15, 0.2) is 24.3 Å². The van der Waals surface area contributed by atoms with Crippen molar-refractivity contribution < 1.29 is 13.2 Å². The zero-order valence-corrected chi connectivity index (χ0v) is 12.5. The van der Waals surface area contributed by atoms with Gasteiger partial charge in [0, 0.05) is 16.5 Å². The minimum Gasteiger partial charge on any atom is -0.312 e. The monoisotopic (exact) mass is 291 g/mol. The molecule has 0 fully saturated rings. The average molecular weight is 291 g/mol. The van der Waals surface area contributed by atoms with Gasteiger partial charge in [0.1, 0.15) is 0 Å². The Labute approximate surface area is 117 Å². The zero-order valence-electron chi connectivity index (χ0n) is 11.6. The molecule has 0 aliphatic rings. The van der Waals surface area contributed by atoms with Gasteiger partial charge in [-0.25, -0.2) is 0 Å². The van der Waals surface area contributed by atoms with E-state index in [9.17, 15) is 13.2 Å². The summed E-state index contributed by atoms with van der Waals surface area (Å²) in [4.78, 5) is 0. The molecule has 1 nitrogen and oxygen atoms in total. The quantitative estimate of drug-likeness (QED) is 0.876. The minimum absolute atomic E-state index is 0.0773. The molecule has 0 bridgehead atoms. The van der Waals surface area contributed by atoms with E-state index in [0.29, 0.717) is 5.56 Å². The molecule has 108 valence electrons. The highest BCUT2D eigenvalue weighted by atomic mass is 32.2. The number of hydrogen-bond donors (Lipinski definition) is 1. The fourth-order valence-corrected chi connectivity index (χ4v) is 2.64. The second kappa shape index (κ2) is 6.18. The van der Waals surface area contributed by atoms with Crippen LogP contribution in [0, 0.1) is 0 Å². The van der Waals surface area contributed by atoms with Crippen LogP contribution < -0.4 is 5.32 Å². The van der Waals surface area contributed by atoms with Crippen molar-refractivity contribution in [2.45, 2.75) is 37.7 Å². The molecule has 0 amide bonds. The summed E-state index contributed by atoms with van der Waals surface area (Å²) in [7, 11) is 1.77. The van der Waals surface area contributed by atoms with Crippen LogP contribution in [-0.2, 0) is 6.18 Å². The molecule has 0 saturated carbocycles. The second-order valence-corrected chi connectivity index (χ2v) is 7.23. The van der Waals surface area contributed by atoms with Crippen LogP contribution in [-0.4, -0.2) is 17.5 Å². The fourth-order valence-electron chi connectivity index (χ4n) is 1.61. The van der Waals surface area contributed by atoms with Gasteiger partial charge in [-0.1, -0.05) is 32.9 Å². The lowest BCUT2D eigenvalue weighted by molar-refractivity contribution is -0.137. The van der Waals surface area contributed by atoms with E-state index >= 15 is 0 Å². The summed E-state index contributed by atoms with van der Waals surface area (Å²) in [5.41, 5.74) is 0.0834. The highest BCUT2D eigenvalue weighted by molar-refractivity contribution is 8.00. The van der Waals surface area contributed by atoms with Crippen LogP contribution in [0.1, 0.15) is 37.9 Å². The van der Waals surface area contributed by atoms with Crippen LogP contribution in [0.5, 0.6) is 0 Å². The van der Waals surface area contributed by atoms with Crippen molar-refractivity contribution >= 4 is 11.8 Å². The van der Waals surface area contributed by atoms with Gasteiger partial charge in [0.15, 0.2) is 0 Å². The first kappa shape index (κ1) is 16.4.